The van der Waals surface area contributed by atoms with Gasteiger partial charge in [0.25, 0.3) is 5.69 Å². The van der Waals surface area contributed by atoms with E-state index in [9.17, 15) is 10.1 Å². The number of rotatable bonds is 6. The molecule has 1 aliphatic heterocycles. The van der Waals surface area contributed by atoms with Crippen LogP contribution in [0.1, 0.15) is 31.2 Å². The minimum absolute atomic E-state index is 0.0794. The predicted octanol–water partition coefficient (Wildman–Crippen LogP) is 2.95. The summed E-state index contributed by atoms with van der Waals surface area (Å²) in [5.74, 6) is 1.12. The molecule has 2 aromatic heterocycles. The number of non-ortho nitro benzene ring substituents is 1. The van der Waals surface area contributed by atoms with E-state index < -0.39 is 0 Å². The number of fused-ring (bicyclic) bond motifs is 1. The number of anilines is 1. The Labute approximate surface area is 173 Å². The molecule has 3 heterocycles. The third-order valence-corrected chi connectivity index (χ3v) is 5.41. The van der Waals surface area contributed by atoms with Crippen LogP contribution in [0.25, 0.3) is 10.9 Å². The number of benzene rings is 1. The topological polar surface area (TPSA) is 111 Å². The number of ether oxygens (including phenoxy) is 1. The molecule has 1 atom stereocenters. The van der Waals surface area contributed by atoms with Crippen molar-refractivity contribution in [2.75, 3.05) is 38.2 Å². The summed E-state index contributed by atoms with van der Waals surface area (Å²) in [7, 11) is 1.61. The predicted molar refractivity (Wildman–Crippen MR) is 110 cm³/mol. The summed E-state index contributed by atoms with van der Waals surface area (Å²) >= 11 is 0. The lowest BCUT2D eigenvalue weighted by molar-refractivity contribution is -0.383. The van der Waals surface area contributed by atoms with E-state index in [0.29, 0.717) is 29.2 Å². The normalized spacial score (nSPS) is 16.5. The van der Waals surface area contributed by atoms with Gasteiger partial charge in [0.05, 0.1) is 22.5 Å². The maximum absolute atomic E-state index is 11.4. The van der Waals surface area contributed by atoms with Crippen LogP contribution in [-0.2, 0) is 11.3 Å². The highest BCUT2D eigenvalue weighted by Crippen LogP contribution is 2.32. The number of pyridine rings is 1. The Hall–Kier alpha value is -3.11. The number of hydrogen-bond donors (Lipinski definition) is 0. The van der Waals surface area contributed by atoms with Crippen LogP contribution in [0.15, 0.2) is 35.0 Å². The lowest BCUT2D eigenvalue weighted by Crippen LogP contribution is -2.30. The summed E-state index contributed by atoms with van der Waals surface area (Å²) in [6.07, 6.45) is 2.42. The maximum atomic E-state index is 11.4. The van der Waals surface area contributed by atoms with Crippen LogP contribution in [0.5, 0.6) is 0 Å². The van der Waals surface area contributed by atoms with Crippen molar-refractivity contribution < 1.29 is 14.2 Å². The van der Waals surface area contributed by atoms with Crippen LogP contribution in [0.3, 0.4) is 0 Å². The molecule has 1 saturated heterocycles. The molecule has 0 spiro atoms. The van der Waals surface area contributed by atoms with E-state index in [1.54, 1.807) is 37.6 Å². The van der Waals surface area contributed by atoms with E-state index in [1.165, 1.54) is 0 Å². The molecule has 1 unspecified atom stereocenters. The molecule has 3 aromatic rings. The Morgan fingerprint density at radius 2 is 2.13 bits per heavy atom. The molecule has 1 aromatic carbocycles. The fourth-order valence-electron chi connectivity index (χ4n) is 3.72. The first-order chi connectivity index (χ1) is 14.6. The fraction of sp³-hybridized carbons (Fsp3) is 0.450. The van der Waals surface area contributed by atoms with E-state index >= 15 is 0 Å². The summed E-state index contributed by atoms with van der Waals surface area (Å²) < 4.78 is 10.6. The van der Waals surface area contributed by atoms with Gasteiger partial charge in [0, 0.05) is 45.6 Å². The molecule has 10 heteroatoms. The summed E-state index contributed by atoms with van der Waals surface area (Å²) in [6.45, 7) is 5.78. The third kappa shape index (κ3) is 4.10. The van der Waals surface area contributed by atoms with Gasteiger partial charge in [-0.3, -0.25) is 20.0 Å². The van der Waals surface area contributed by atoms with Crippen molar-refractivity contribution in [1.82, 2.24) is 20.0 Å². The zero-order valence-corrected chi connectivity index (χ0v) is 17.0. The Morgan fingerprint density at radius 3 is 2.93 bits per heavy atom. The van der Waals surface area contributed by atoms with Gasteiger partial charge in [-0.25, -0.2) is 0 Å². The van der Waals surface area contributed by atoms with E-state index in [4.69, 9.17) is 9.26 Å². The van der Waals surface area contributed by atoms with Crippen LogP contribution in [-0.4, -0.2) is 58.2 Å². The Morgan fingerprint density at radius 1 is 1.27 bits per heavy atom. The minimum atomic E-state index is -0.360. The highest BCUT2D eigenvalue weighted by atomic mass is 16.6. The lowest BCUT2D eigenvalue weighted by Gasteiger charge is -2.24. The van der Waals surface area contributed by atoms with Gasteiger partial charge in [0.1, 0.15) is 11.6 Å². The molecular formula is C20H24N6O4. The molecule has 0 bridgehead atoms. The van der Waals surface area contributed by atoms with E-state index in [0.717, 1.165) is 38.3 Å². The largest absolute Gasteiger partial charge is 0.374 e. The van der Waals surface area contributed by atoms with Gasteiger partial charge in [-0.2, -0.15) is 4.98 Å². The molecule has 0 saturated carbocycles. The first-order valence-corrected chi connectivity index (χ1v) is 9.91. The van der Waals surface area contributed by atoms with Crippen LogP contribution in [0.2, 0.25) is 0 Å². The smallest absolute Gasteiger partial charge is 0.278 e. The van der Waals surface area contributed by atoms with E-state index in [1.807, 2.05) is 6.92 Å². The fourth-order valence-corrected chi connectivity index (χ4v) is 3.72. The molecule has 4 rings (SSSR count). The van der Waals surface area contributed by atoms with Crippen molar-refractivity contribution in [3.05, 3.63) is 52.3 Å². The molecule has 0 aliphatic carbocycles. The summed E-state index contributed by atoms with van der Waals surface area (Å²) in [6, 6.07) is 6.85. The Bertz CT molecular complexity index is 1040. The van der Waals surface area contributed by atoms with Gasteiger partial charge in [-0.1, -0.05) is 5.16 Å². The average molecular weight is 412 g/mol. The summed E-state index contributed by atoms with van der Waals surface area (Å²) in [5.41, 5.74) is 1.66. The molecule has 158 valence electrons. The van der Waals surface area contributed by atoms with Crippen molar-refractivity contribution in [2.24, 2.45) is 0 Å². The molecule has 0 radical (unpaired) electrons. The monoisotopic (exact) mass is 412 g/mol. The van der Waals surface area contributed by atoms with E-state index in [-0.39, 0.29) is 16.7 Å². The molecular weight excluding hydrogens is 388 g/mol. The van der Waals surface area contributed by atoms with Crippen LogP contribution in [0, 0.1) is 10.1 Å². The number of nitrogens with zero attached hydrogens (tertiary/aromatic N) is 6. The lowest BCUT2D eigenvalue weighted by atomic mass is 10.1. The second-order valence-electron chi connectivity index (χ2n) is 7.30. The molecule has 1 fully saturated rings. The van der Waals surface area contributed by atoms with Crippen molar-refractivity contribution in [3.8, 4) is 0 Å². The number of methoxy groups -OCH3 is 1. The average Bonchev–Trinajstić information content (AvgIpc) is 3.10. The zero-order chi connectivity index (χ0) is 21.1. The molecule has 0 amide bonds. The van der Waals surface area contributed by atoms with E-state index in [2.05, 4.69) is 24.9 Å². The zero-order valence-electron chi connectivity index (χ0n) is 17.0. The molecule has 1 aliphatic rings. The number of aromatic nitrogens is 3. The highest BCUT2D eigenvalue weighted by molar-refractivity contribution is 5.97. The van der Waals surface area contributed by atoms with Gasteiger partial charge >= 0.3 is 0 Å². The Kier molecular flexibility index (Phi) is 5.86. The SMILES string of the molecule is COC(C)c1noc(CN2CCCN(c3ccc([N+](=O)[O-])c4cccnc34)CC2)n1. The number of hydrogen-bond acceptors (Lipinski definition) is 9. The van der Waals surface area contributed by atoms with Crippen molar-refractivity contribution in [1.29, 1.82) is 0 Å². The maximum Gasteiger partial charge on any atom is 0.278 e. The molecule has 30 heavy (non-hydrogen) atoms. The molecule has 0 N–H and O–H groups in total. The number of nitro groups is 1. The third-order valence-electron chi connectivity index (χ3n) is 5.41. The number of nitro benzene ring substituents is 1. The second-order valence-corrected chi connectivity index (χ2v) is 7.30. The van der Waals surface area contributed by atoms with Crippen molar-refractivity contribution in [3.63, 3.8) is 0 Å². The first kappa shape index (κ1) is 20.2. The van der Waals surface area contributed by atoms with Gasteiger partial charge in [-0.05, 0) is 31.5 Å². The van der Waals surface area contributed by atoms with Gasteiger partial charge in [0.15, 0.2) is 5.82 Å². The first-order valence-electron chi connectivity index (χ1n) is 9.91. The van der Waals surface area contributed by atoms with Gasteiger partial charge < -0.3 is 14.2 Å². The highest BCUT2D eigenvalue weighted by Gasteiger charge is 2.22. The second kappa shape index (κ2) is 8.72. The summed E-state index contributed by atoms with van der Waals surface area (Å²) in [4.78, 5) is 24.4. The molecule has 10 nitrogen and oxygen atoms in total. The minimum Gasteiger partial charge on any atom is -0.374 e. The van der Waals surface area contributed by atoms with Crippen LogP contribution < -0.4 is 4.90 Å². The van der Waals surface area contributed by atoms with Gasteiger partial charge in [0.2, 0.25) is 5.89 Å². The van der Waals surface area contributed by atoms with Crippen molar-refractivity contribution in [2.45, 2.75) is 26.0 Å². The van der Waals surface area contributed by atoms with Crippen LogP contribution >= 0.6 is 0 Å². The van der Waals surface area contributed by atoms with Gasteiger partial charge in [-0.15, -0.1) is 0 Å². The standard InChI is InChI=1S/C20H24N6O4/c1-14(29-2)20-22-18(30-23-20)13-24-9-4-10-25(12-11-24)17-7-6-16(26(27)28)15-5-3-8-21-19(15)17/h3,5-8,14H,4,9-13H2,1-2H3. The Balaban J connectivity index is 1.49. The quantitative estimate of drug-likeness (QED) is 0.445. The van der Waals surface area contributed by atoms with Crippen molar-refractivity contribution >= 4 is 22.3 Å². The summed E-state index contributed by atoms with van der Waals surface area (Å²) in [5, 5.41) is 15.9. The van der Waals surface area contributed by atoms with Crippen LogP contribution in [0.4, 0.5) is 11.4 Å².